The normalized spacial score (nSPS) is 10.3. The molecule has 7 heteroatoms. The summed E-state index contributed by atoms with van der Waals surface area (Å²) in [4.78, 5) is 15.6. The Morgan fingerprint density at radius 3 is 2.83 bits per heavy atom. The number of rotatable bonds is 7. The molecule has 0 unspecified atom stereocenters. The Hall–Kier alpha value is -2.43. The molecule has 1 aromatic heterocycles. The predicted octanol–water partition coefficient (Wildman–Crippen LogP) is 3.10. The second-order valence-electron chi connectivity index (χ2n) is 4.76. The van der Waals surface area contributed by atoms with Crippen molar-refractivity contribution in [2.45, 2.75) is 13.3 Å². The van der Waals surface area contributed by atoms with Gasteiger partial charge in [0.05, 0.1) is 17.9 Å². The van der Waals surface area contributed by atoms with E-state index in [2.05, 4.69) is 11.1 Å². The van der Waals surface area contributed by atoms with E-state index in [0.29, 0.717) is 40.8 Å². The number of nitriles is 1. The van der Waals surface area contributed by atoms with E-state index in [0.717, 1.165) is 17.8 Å². The first-order valence-electron chi connectivity index (χ1n) is 6.93. The van der Waals surface area contributed by atoms with E-state index in [1.165, 1.54) is 0 Å². The number of aromatic carboxylic acids is 1. The maximum absolute atomic E-state index is 11.1. The molecule has 0 amide bonds. The highest BCUT2D eigenvalue weighted by Crippen LogP contribution is 2.31. The number of methoxy groups -OCH3 is 1. The van der Waals surface area contributed by atoms with Crippen molar-refractivity contribution in [2.24, 2.45) is 0 Å². The van der Waals surface area contributed by atoms with Gasteiger partial charge >= 0.3 is 5.97 Å². The number of benzene rings is 1. The number of nitrogens with zero attached hydrogens (tertiary/aromatic N) is 2. The van der Waals surface area contributed by atoms with Crippen LogP contribution in [-0.4, -0.2) is 36.4 Å². The van der Waals surface area contributed by atoms with Crippen LogP contribution < -0.4 is 4.74 Å². The zero-order chi connectivity index (χ0) is 16.8. The molecule has 2 rings (SSSR count). The largest absolute Gasteiger partial charge is 0.492 e. The van der Waals surface area contributed by atoms with E-state index in [4.69, 9.17) is 14.6 Å². The zero-order valence-electron chi connectivity index (χ0n) is 12.8. The van der Waals surface area contributed by atoms with E-state index in [1.807, 2.05) is 0 Å². The van der Waals surface area contributed by atoms with Gasteiger partial charge in [-0.2, -0.15) is 5.26 Å². The molecule has 6 nitrogen and oxygen atoms in total. The van der Waals surface area contributed by atoms with Gasteiger partial charge < -0.3 is 14.6 Å². The molecule has 0 bridgehead atoms. The molecule has 0 saturated carbocycles. The van der Waals surface area contributed by atoms with Gasteiger partial charge in [-0.15, -0.1) is 11.3 Å². The first-order valence-corrected chi connectivity index (χ1v) is 7.75. The molecule has 0 aliphatic rings. The molecule has 120 valence electrons. The SMILES string of the molecule is COCCCOc1ccc(-c2nc(C)c(C(=O)O)s2)cc1C#N. The number of hydrogen-bond donors (Lipinski definition) is 1. The van der Waals surface area contributed by atoms with Crippen LogP contribution in [0.2, 0.25) is 0 Å². The summed E-state index contributed by atoms with van der Waals surface area (Å²) in [6.07, 6.45) is 0.733. The summed E-state index contributed by atoms with van der Waals surface area (Å²) in [7, 11) is 1.62. The molecule has 0 fully saturated rings. The Balaban J connectivity index is 2.23. The molecule has 1 aromatic carbocycles. The zero-order valence-corrected chi connectivity index (χ0v) is 13.6. The number of carbonyl (C=O) groups is 1. The Labute approximate surface area is 137 Å². The molecule has 0 atom stereocenters. The van der Waals surface area contributed by atoms with Gasteiger partial charge in [-0.25, -0.2) is 9.78 Å². The first kappa shape index (κ1) is 16.9. The van der Waals surface area contributed by atoms with Gasteiger partial charge in [0, 0.05) is 25.7 Å². The van der Waals surface area contributed by atoms with Crippen molar-refractivity contribution in [3.05, 3.63) is 34.3 Å². The monoisotopic (exact) mass is 332 g/mol. The Morgan fingerprint density at radius 1 is 1.43 bits per heavy atom. The van der Waals surface area contributed by atoms with Gasteiger partial charge in [0.2, 0.25) is 0 Å². The maximum Gasteiger partial charge on any atom is 0.347 e. The fourth-order valence-electron chi connectivity index (χ4n) is 1.98. The minimum Gasteiger partial charge on any atom is -0.492 e. The molecule has 23 heavy (non-hydrogen) atoms. The molecule has 0 aliphatic heterocycles. The third kappa shape index (κ3) is 4.06. The van der Waals surface area contributed by atoms with Crippen LogP contribution in [0, 0.1) is 18.3 Å². The molecule has 0 saturated heterocycles. The van der Waals surface area contributed by atoms with Crippen molar-refractivity contribution in [1.29, 1.82) is 5.26 Å². The van der Waals surface area contributed by atoms with E-state index in [9.17, 15) is 10.1 Å². The molecule has 0 spiro atoms. The second-order valence-corrected chi connectivity index (χ2v) is 5.76. The summed E-state index contributed by atoms with van der Waals surface area (Å²) in [5.41, 5.74) is 1.56. The molecular formula is C16H16N2O4S. The van der Waals surface area contributed by atoms with Crippen LogP contribution in [-0.2, 0) is 4.74 Å². The lowest BCUT2D eigenvalue weighted by Crippen LogP contribution is -2.02. The summed E-state index contributed by atoms with van der Waals surface area (Å²) >= 11 is 1.09. The number of carboxylic acids is 1. The van der Waals surface area contributed by atoms with Gasteiger partial charge in [0.15, 0.2) is 0 Å². The predicted molar refractivity (Wildman–Crippen MR) is 85.9 cm³/mol. The first-order chi connectivity index (χ1) is 11.1. The van der Waals surface area contributed by atoms with Gasteiger partial charge in [-0.1, -0.05) is 0 Å². The topological polar surface area (TPSA) is 92.4 Å². The summed E-state index contributed by atoms with van der Waals surface area (Å²) in [5, 5.41) is 18.9. The van der Waals surface area contributed by atoms with Crippen molar-refractivity contribution in [2.75, 3.05) is 20.3 Å². The van der Waals surface area contributed by atoms with Gasteiger partial charge in [0.1, 0.15) is 21.7 Å². The van der Waals surface area contributed by atoms with Crippen LogP contribution in [0.1, 0.15) is 27.3 Å². The fourth-order valence-corrected chi connectivity index (χ4v) is 2.88. The third-order valence-electron chi connectivity index (χ3n) is 3.09. The lowest BCUT2D eigenvalue weighted by Gasteiger charge is -2.08. The van der Waals surface area contributed by atoms with Crippen LogP contribution in [0.5, 0.6) is 5.75 Å². The Morgan fingerprint density at radius 2 is 2.22 bits per heavy atom. The van der Waals surface area contributed by atoms with E-state index < -0.39 is 5.97 Å². The van der Waals surface area contributed by atoms with E-state index >= 15 is 0 Å². The average molecular weight is 332 g/mol. The summed E-state index contributed by atoms with van der Waals surface area (Å²) in [6, 6.07) is 7.24. The highest BCUT2D eigenvalue weighted by molar-refractivity contribution is 7.17. The molecule has 1 N–H and O–H groups in total. The number of hydrogen-bond acceptors (Lipinski definition) is 6. The quantitative estimate of drug-likeness (QED) is 0.783. The van der Waals surface area contributed by atoms with Crippen molar-refractivity contribution in [1.82, 2.24) is 4.98 Å². The number of thiazole rings is 1. The van der Waals surface area contributed by atoms with Crippen molar-refractivity contribution in [3.63, 3.8) is 0 Å². The lowest BCUT2D eigenvalue weighted by atomic mass is 10.1. The van der Waals surface area contributed by atoms with Crippen LogP contribution in [0.4, 0.5) is 0 Å². The Bertz CT molecular complexity index is 749. The summed E-state index contributed by atoms with van der Waals surface area (Å²) < 4.78 is 10.5. The summed E-state index contributed by atoms with van der Waals surface area (Å²) in [5.74, 6) is -0.496. The van der Waals surface area contributed by atoms with Crippen molar-refractivity contribution in [3.8, 4) is 22.4 Å². The lowest BCUT2D eigenvalue weighted by molar-refractivity contribution is 0.0701. The van der Waals surface area contributed by atoms with Crippen LogP contribution in [0.3, 0.4) is 0 Å². The number of carboxylic acid groups (broad SMARTS) is 1. The maximum atomic E-state index is 11.1. The molecule has 0 radical (unpaired) electrons. The standard InChI is InChI=1S/C16H16N2O4S/c1-10-14(16(19)20)23-15(18-10)11-4-5-13(12(8-11)9-17)22-7-3-6-21-2/h4-5,8H,3,6-7H2,1-2H3,(H,19,20). The minimum atomic E-state index is -0.996. The van der Waals surface area contributed by atoms with Crippen LogP contribution in [0.25, 0.3) is 10.6 Å². The molecule has 0 aliphatic carbocycles. The number of ether oxygens (including phenoxy) is 2. The average Bonchev–Trinajstić information content (AvgIpc) is 2.93. The second kappa shape index (κ2) is 7.72. The van der Waals surface area contributed by atoms with E-state index in [-0.39, 0.29) is 4.88 Å². The van der Waals surface area contributed by atoms with Crippen LogP contribution in [0.15, 0.2) is 18.2 Å². The smallest absolute Gasteiger partial charge is 0.347 e. The van der Waals surface area contributed by atoms with Gasteiger partial charge in [-0.05, 0) is 25.1 Å². The fraction of sp³-hybridized carbons (Fsp3) is 0.312. The number of aromatic nitrogens is 1. The molecule has 2 aromatic rings. The highest BCUT2D eigenvalue weighted by Gasteiger charge is 2.16. The Kier molecular flexibility index (Phi) is 5.68. The molecular weight excluding hydrogens is 316 g/mol. The van der Waals surface area contributed by atoms with Crippen LogP contribution >= 0.6 is 11.3 Å². The van der Waals surface area contributed by atoms with Crippen molar-refractivity contribution >= 4 is 17.3 Å². The van der Waals surface area contributed by atoms with Crippen molar-refractivity contribution < 1.29 is 19.4 Å². The molecule has 1 heterocycles. The third-order valence-corrected chi connectivity index (χ3v) is 4.28. The van der Waals surface area contributed by atoms with E-state index in [1.54, 1.807) is 32.2 Å². The van der Waals surface area contributed by atoms with Gasteiger partial charge in [-0.3, -0.25) is 0 Å². The highest BCUT2D eigenvalue weighted by atomic mass is 32.1. The minimum absolute atomic E-state index is 0.207. The number of aryl methyl sites for hydroxylation is 1. The summed E-state index contributed by atoms with van der Waals surface area (Å²) in [6.45, 7) is 2.71. The van der Waals surface area contributed by atoms with Gasteiger partial charge in [0.25, 0.3) is 0 Å².